The predicted molar refractivity (Wildman–Crippen MR) is 65.2 cm³/mol. The molecule has 0 aromatic carbocycles. The highest BCUT2D eigenvalue weighted by atomic mass is 16.1. The number of nitrogens with one attached hydrogen (secondary N) is 1. The van der Waals surface area contributed by atoms with Crippen molar-refractivity contribution < 1.29 is 4.79 Å². The van der Waals surface area contributed by atoms with Crippen molar-refractivity contribution in [3.8, 4) is 0 Å². The Kier molecular flexibility index (Phi) is 3.85. The Morgan fingerprint density at radius 2 is 1.94 bits per heavy atom. The first-order valence-electron chi connectivity index (χ1n) is 6.73. The Hall–Kier alpha value is -0.570. The molecule has 2 aliphatic rings. The minimum Gasteiger partial charge on any atom is -0.352 e. The Morgan fingerprint density at radius 3 is 2.69 bits per heavy atom. The van der Waals surface area contributed by atoms with E-state index in [0.29, 0.717) is 12.1 Å². The van der Waals surface area contributed by atoms with E-state index in [9.17, 15) is 4.79 Å². The smallest absolute Gasteiger partial charge is 0.222 e. The standard InChI is InChI=1S/C13H24N2O/c1-10(2)13(16)14-11-6-5-9-15-8-4-3-7-12(11)15/h10-12H,3-9H2,1-2H3,(H,14,16)/t11-,12-/m0/s1. The van der Waals surface area contributed by atoms with Gasteiger partial charge in [-0.3, -0.25) is 9.69 Å². The molecule has 0 saturated carbocycles. The van der Waals surface area contributed by atoms with Crippen molar-refractivity contribution in [2.24, 2.45) is 5.92 Å². The molecule has 2 heterocycles. The first-order chi connectivity index (χ1) is 7.68. The van der Waals surface area contributed by atoms with E-state index in [-0.39, 0.29) is 11.8 Å². The third kappa shape index (κ3) is 2.57. The van der Waals surface area contributed by atoms with Crippen LogP contribution in [0.4, 0.5) is 0 Å². The number of piperidine rings is 2. The summed E-state index contributed by atoms with van der Waals surface area (Å²) in [7, 11) is 0. The molecule has 0 aromatic heterocycles. The number of hydrogen-bond acceptors (Lipinski definition) is 2. The van der Waals surface area contributed by atoms with Gasteiger partial charge in [0.2, 0.25) is 5.91 Å². The van der Waals surface area contributed by atoms with E-state index in [4.69, 9.17) is 0 Å². The van der Waals surface area contributed by atoms with E-state index in [1.807, 2.05) is 13.8 Å². The molecule has 3 nitrogen and oxygen atoms in total. The van der Waals surface area contributed by atoms with Crippen LogP contribution < -0.4 is 5.32 Å². The van der Waals surface area contributed by atoms with Crippen LogP contribution in [0, 0.1) is 5.92 Å². The van der Waals surface area contributed by atoms with E-state index in [0.717, 1.165) is 0 Å². The number of carbonyl (C=O) groups is 1. The van der Waals surface area contributed by atoms with E-state index >= 15 is 0 Å². The molecule has 1 amide bonds. The second-order valence-electron chi connectivity index (χ2n) is 5.51. The average Bonchev–Trinajstić information content (AvgIpc) is 2.29. The van der Waals surface area contributed by atoms with E-state index in [1.165, 1.54) is 45.2 Å². The van der Waals surface area contributed by atoms with Gasteiger partial charge in [-0.15, -0.1) is 0 Å². The van der Waals surface area contributed by atoms with Crippen molar-refractivity contribution in [1.29, 1.82) is 0 Å². The third-order valence-corrected chi connectivity index (χ3v) is 3.94. The van der Waals surface area contributed by atoms with Crippen molar-refractivity contribution in [3.63, 3.8) is 0 Å². The summed E-state index contributed by atoms with van der Waals surface area (Å²) in [6, 6.07) is 1.02. The summed E-state index contributed by atoms with van der Waals surface area (Å²) in [5.41, 5.74) is 0. The predicted octanol–water partition coefficient (Wildman–Crippen LogP) is 1.78. The summed E-state index contributed by atoms with van der Waals surface area (Å²) < 4.78 is 0. The monoisotopic (exact) mass is 224 g/mol. The lowest BCUT2D eigenvalue weighted by molar-refractivity contribution is -0.125. The Labute approximate surface area is 98.6 Å². The molecule has 2 fully saturated rings. The molecule has 16 heavy (non-hydrogen) atoms. The maximum Gasteiger partial charge on any atom is 0.222 e. The fourth-order valence-corrected chi connectivity index (χ4v) is 2.97. The molecule has 0 radical (unpaired) electrons. The fraction of sp³-hybridized carbons (Fsp3) is 0.923. The molecular formula is C13H24N2O. The summed E-state index contributed by atoms with van der Waals surface area (Å²) in [5.74, 6) is 0.330. The molecular weight excluding hydrogens is 200 g/mol. The third-order valence-electron chi connectivity index (χ3n) is 3.94. The number of nitrogens with zero attached hydrogens (tertiary/aromatic N) is 1. The number of rotatable bonds is 2. The molecule has 0 unspecified atom stereocenters. The highest BCUT2D eigenvalue weighted by molar-refractivity contribution is 5.78. The van der Waals surface area contributed by atoms with Crippen LogP contribution in [-0.2, 0) is 4.79 Å². The summed E-state index contributed by atoms with van der Waals surface area (Å²) in [6.45, 7) is 6.41. The van der Waals surface area contributed by atoms with Crippen molar-refractivity contribution in [2.75, 3.05) is 13.1 Å². The number of hydrogen-bond donors (Lipinski definition) is 1. The lowest BCUT2D eigenvalue weighted by atomic mass is 9.88. The highest BCUT2D eigenvalue weighted by Gasteiger charge is 2.33. The number of amides is 1. The quantitative estimate of drug-likeness (QED) is 0.775. The van der Waals surface area contributed by atoms with Gasteiger partial charge in [0, 0.05) is 18.0 Å². The molecule has 2 rings (SSSR count). The molecule has 2 saturated heterocycles. The molecule has 0 bridgehead atoms. The molecule has 92 valence electrons. The minimum atomic E-state index is 0.110. The number of fused-ring (bicyclic) bond motifs is 1. The van der Waals surface area contributed by atoms with Gasteiger partial charge in [0.15, 0.2) is 0 Å². The zero-order valence-electron chi connectivity index (χ0n) is 10.5. The fourth-order valence-electron chi connectivity index (χ4n) is 2.97. The van der Waals surface area contributed by atoms with Crippen molar-refractivity contribution in [1.82, 2.24) is 10.2 Å². The first-order valence-corrected chi connectivity index (χ1v) is 6.73. The van der Waals surface area contributed by atoms with Gasteiger partial charge < -0.3 is 5.32 Å². The molecule has 3 heteroatoms. The second-order valence-corrected chi connectivity index (χ2v) is 5.51. The van der Waals surface area contributed by atoms with Crippen LogP contribution >= 0.6 is 0 Å². The zero-order valence-corrected chi connectivity index (χ0v) is 10.5. The van der Waals surface area contributed by atoms with Gasteiger partial charge in [0.25, 0.3) is 0 Å². The van der Waals surface area contributed by atoms with Gasteiger partial charge in [0.05, 0.1) is 0 Å². The average molecular weight is 224 g/mol. The van der Waals surface area contributed by atoms with Gasteiger partial charge in [-0.25, -0.2) is 0 Å². The minimum absolute atomic E-state index is 0.110. The Balaban J connectivity index is 1.94. The van der Waals surface area contributed by atoms with E-state index < -0.39 is 0 Å². The van der Waals surface area contributed by atoms with E-state index in [2.05, 4.69) is 10.2 Å². The summed E-state index contributed by atoms with van der Waals surface area (Å²) >= 11 is 0. The maximum atomic E-state index is 11.8. The Bertz CT molecular complexity index is 250. The Morgan fingerprint density at radius 1 is 1.19 bits per heavy atom. The SMILES string of the molecule is CC(C)C(=O)N[C@H]1CCCN2CCCC[C@@H]12. The topological polar surface area (TPSA) is 32.3 Å². The van der Waals surface area contributed by atoms with Gasteiger partial charge >= 0.3 is 0 Å². The summed E-state index contributed by atoms with van der Waals surface area (Å²) in [4.78, 5) is 14.3. The first kappa shape index (κ1) is 11.9. The molecule has 0 aromatic rings. The van der Waals surface area contributed by atoms with E-state index in [1.54, 1.807) is 0 Å². The molecule has 0 spiro atoms. The van der Waals surface area contributed by atoms with Crippen molar-refractivity contribution in [3.05, 3.63) is 0 Å². The van der Waals surface area contributed by atoms with Gasteiger partial charge in [-0.1, -0.05) is 20.3 Å². The highest BCUT2D eigenvalue weighted by Crippen LogP contribution is 2.26. The van der Waals surface area contributed by atoms with Gasteiger partial charge in [-0.2, -0.15) is 0 Å². The van der Waals surface area contributed by atoms with Gasteiger partial charge in [0.1, 0.15) is 0 Å². The molecule has 2 atom stereocenters. The zero-order chi connectivity index (χ0) is 11.5. The van der Waals surface area contributed by atoms with Crippen molar-refractivity contribution in [2.45, 2.75) is 58.0 Å². The van der Waals surface area contributed by atoms with Crippen LogP contribution in [0.25, 0.3) is 0 Å². The summed E-state index contributed by atoms with van der Waals surface area (Å²) in [6.07, 6.45) is 6.33. The lowest BCUT2D eigenvalue weighted by Crippen LogP contribution is -2.57. The van der Waals surface area contributed by atoms with Crippen LogP contribution in [0.5, 0.6) is 0 Å². The van der Waals surface area contributed by atoms with Crippen LogP contribution in [0.2, 0.25) is 0 Å². The molecule has 2 aliphatic heterocycles. The summed E-state index contributed by atoms with van der Waals surface area (Å²) in [5, 5.41) is 3.24. The maximum absolute atomic E-state index is 11.8. The second kappa shape index (κ2) is 5.17. The molecule has 1 N–H and O–H groups in total. The van der Waals surface area contributed by atoms with Gasteiger partial charge in [-0.05, 0) is 38.8 Å². The normalized spacial score (nSPS) is 31.2. The van der Waals surface area contributed by atoms with Crippen LogP contribution in [0.3, 0.4) is 0 Å². The molecule has 0 aliphatic carbocycles. The van der Waals surface area contributed by atoms with Crippen LogP contribution in [-0.4, -0.2) is 36.0 Å². The number of carbonyl (C=O) groups excluding carboxylic acids is 1. The largest absolute Gasteiger partial charge is 0.352 e. The van der Waals surface area contributed by atoms with Crippen LogP contribution in [0.1, 0.15) is 46.0 Å². The van der Waals surface area contributed by atoms with Crippen LogP contribution in [0.15, 0.2) is 0 Å². The van der Waals surface area contributed by atoms with Crippen molar-refractivity contribution >= 4 is 5.91 Å². The lowest BCUT2D eigenvalue weighted by Gasteiger charge is -2.44.